The van der Waals surface area contributed by atoms with Gasteiger partial charge < -0.3 is 16.0 Å². The number of imidazole rings is 1. The molecule has 0 radical (unpaired) electrons. The highest BCUT2D eigenvalue weighted by Crippen LogP contribution is 2.22. The number of amides is 2. The average Bonchev–Trinajstić information content (AvgIpc) is 3.20. The van der Waals surface area contributed by atoms with Gasteiger partial charge in [-0.05, 0) is 24.5 Å². The summed E-state index contributed by atoms with van der Waals surface area (Å²) in [6.07, 6.45) is 0.711. The van der Waals surface area contributed by atoms with Crippen LogP contribution in [0.25, 0.3) is 11.0 Å². The zero-order valence-corrected chi connectivity index (χ0v) is 14.0. The first-order valence-electron chi connectivity index (χ1n) is 8.04. The molecule has 0 aliphatic carbocycles. The molecule has 1 unspecified atom stereocenters. The van der Waals surface area contributed by atoms with Gasteiger partial charge in [0.25, 0.3) is 11.8 Å². The van der Waals surface area contributed by atoms with Crippen LogP contribution in [-0.2, 0) is 0 Å². The van der Waals surface area contributed by atoms with E-state index in [0.717, 1.165) is 11.0 Å². The van der Waals surface area contributed by atoms with Crippen molar-refractivity contribution in [3.05, 3.63) is 47.5 Å². The molecule has 5 N–H and O–H groups in total. The predicted molar refractivity (Wildman–Crippen MR) is 92.9 cm³/mol. The molecule has 1 atom stereocenters. The topological polar surface area (TPSA) is 130 Å². The van der Waals surface area contributed by atoms with Gasteiger partial charge in [0.2, 0.25) is 0 Å². The molecule has 2 amide bonds. The fourth-order valence-electron chi connectivity index (χ4n) is 2.65. The van der Waals surface area contributed by atoms with Gasteiger partial charge in [-0.15, -0.1) is 0 Å². The molecule has 1 aromatic carbocycles. The molecule has 2 aromatic heterocycles. The summed E-state index contributed by atoms with van der Waals surface area (Å²) in [6, 6.07) is 8.74. The molecule has 130 valence electrons. The Bertz CT molecular complexity index is 878. The summed E-state index contributed by atoms with van der Waals surface area (Å²) in [4.78, 5) is 31.4. The summed E-state index contributed by atoms with van der Waals surface area (Å²) < 4.78 is 0. The van der Waals surface area contributed by atoms with Crippen molar-refractivity contribution < 1.29 is 9.59 Å². The van der Waals surface area contributed by atoms with Crippen LogP contribution < -0.4 is 11.1 Å². The Labute approximate surface area is 144 Å². The molecule has 0 spiro atoms. The van der Waals surface area contributed by atoms with Gasteiger partial charge >= 0.3 is 0 Å². The summed E-state index contributed by atoms with van der Waals surface area (Å²) >= 11 is 0. The second-order valence-corrected chi connectivity index (χ2v) is 6.33. The van der Waals surface area contributed by atoms with E-state index in [0.29, 0.717) is 18.2 Å². The third-order valence-corrected chi connectivity index (χ3v) is 3.83. The quantitative estimate of drug-likeness (QED) is 0.546. The molecule has 0 fully saturated rings. The Balaban J connectivity index is 1.84. The SMILES string of the molecule is CC(C)CC(NC(=O)c1cc(C(N)=O)n[nH]1)c1nc2ccccc2[nH]1. The van der Waals surface area contributed by atoms with E-state index in [1.807, 2.05) is 24.3 Å². The number of aromatic nitrogens is 4. The van der Waals surface area contributed by atoms with E-state index in [9.17, 15) is 9.59 Å². The van der Waals surface area contributed by atoms with E-state index in [1.165, 1.54) is 6.07 Å². The van der Waals surface area contributed by atoms with Crippen LogP contribution >= 0.6 is 0 Å². The van der Waals surface area contributed by atoms with Crippen molar-refractivity contribution in [2.45, 2.75) is 26.3 Å². The lowest BCUT2D eigenvalue weighted by molar-refractivity contribution is 0.0924. The molecule has 0 bridgehead atoms. The van der Waals surface area contributed by atoms with E-state index < -0.39 is 5.91 Å². The largest absolute Gasteiger partial charge is 0.364 e. The van der Waals surface area contributed by atoms with Gasteiger partial charge in [0.05, 0.1) is 17.1 Å². The van der Waals surface area contributed by atoms with Gasteiger partial charge in [-0.1, -0.05) is 26.0 Å². The summed E-state index contributed by atoms with van der Waals surface area (Å²) in [6.45, 7) is 4.15. The number of hydrogen-bond acceptors (Lipinski definition) is 4. The van der Waals surface area contributed by atoms with Crippen LogP contribution in [0.4, 0.5) is 0 Å². The van der Waals surface area contributed by atoms with E-state index >= 15 is 0 Å². The molecule has 3 aromatic rings. The van der Waals surface area contributed by atoms with Crippen LogP contribution in [0.2, 0.25) is 0 Å². The number of H-pyrrole nitrogens is 2. The summed E-state index contributed by atoms with van der Waals surface area (Å²) in [5.74, 6) is -0.0169. The van der Waals surface area contributed by atoms with Crippen molar-refractivity contribution in [3.8, 4) is 0 Å². The maximum absolute atomic E-state index is 12.5. The standard InChI is InChI=1S/C17H20N6O2/c1-9(2)7-13(16-19-10-5-3-4-6-11(10)20-16)21-17(25)14-8-12(15(18)24)22-23-14/h3-6,8-9,13H,7H2,1-2H3,(H2,18,24)(H,19,20)(H,21,25)(H,22,23). The van der Waals surface area contributed by atoms with Crippen LogP contribution in [0.1, 0.15) is 53.1 Å². The Kier molecular flexibility index (Phi) is 4.51. The number of carbonyl (C=O) groups excluding carboxylic acids is 2. The monoisotopic (exact) mass is 340 g/mol. The van der Waals surface area contributed by atoms with Crippen molar-refractivity contribution in [1.29, 1.82) is 0 Å². The predicted octanol–water partition coefficient (Wildman–Crippen LogP) is 1.90. The minimum Gasteiger partial charge on any atom is -0.364 e. The number of carbonyl (C=O) groups is 2. The summed E-state index contributed by atoms with van der Waals surface area (Å²) in [7, 11) is 0. The molecule has 8 nitrogen and oxygen atoms in total. The number of nitrogens with zero attached hydrogens (tertiary/aromatic N) is 2. The molecule has 0 aliphatic heterocycles. The van der Waals surface area contributed by atoms with Crippen LogP contribution in [0.15, 0.2) is 30.3 Å². The Morgan fingerprint density at radius 3 is 2.68 bits per heavy atom. The number of nitrogens with two attached hydrogens (primary N) is 1. The first kappa shape index (κ1) is 16.7. The molecule has 0 aliphatic rings. The van der Waals surface area contributed by atoms with Crippen LogP contribution in [0, 0.1) is 5.92 Å². The molecule has 8 heteroatoms. The van der Waals surface area contributed by atoms with Crippen LogP contribution in [-0.4, -0.2) is 32.0 Å². The van der Waals surface area contributed by atoms with Crippen molar-refractivity contribution in [2.24, 2.45) is 11.7 Å². The van der Waals surface area contributed by atoms with Crippen molar-refractivity contribution in [3.63, 3.8) is 0 Å². The molecule has 25 heavy (non-hydrogen) atoms. The summed E-state index contributed by atoms with van der Waals surface area (Å²) in [5, 5.41) is 9.20. The number of fused-ring (bicyclic) bond motifs is 1. The van der Waals surface area contributed by atoms with Gasteiger partial charge in [-0.3, -0.25) is 14.7 Å². The lowest BCUT2D eigenvalue weighted by atomic mass is 10.0. The number of primary amides is 1. The Hall–Kier alpha value is -3.16. The van der Waals surface area contributed by atoms with Gasteiger partial charge in [0.15, 0.2) is 5.69 Å². The highest BCUT2D eigenvalue weighted by atomic mass is 16.2. The van der Waals surface area contributed by atoms with E-state index in [1.54, 1.807) is 0 Å². The highest BCUT2D eigenvalue weighted by Gasteiger charge is 2.22. The van der Waals surface area contributed by atoms with Gasteiger partial charge in [0.1, 0.15) is 11.5 Å². The minimum atomic E-state index is -0.689. The third-order valence-electron chi connectivity index (χ3n) is 3.83. The van der Waals surface area contributed by atoms with E-state index in [2.05, 4.69) is 39.3 Å². The highest BCUT2D eigenvalue weighted by molar-refractivity contribution is 5.97. The van der Waals surface area contributed by atoms with Gasteiger partial charge in [-0.25, -0.2) is 4.98 Å². The first-order chi connectivity index (χ1) is 11.9. The summed E-state index contributed by atoms with van der Waals surface area (Å²) in [5.41, 5.74) is 7.12. The van der Waals surface area contributed by atoms with E-state index in [4.69, 9.17) is 5.73 Å². The third kappa shape index (κ3) is 3.68. The van der Waals surface area contributed by atoms with E-state index in [-0.39, 0.29) is 23.3 Å². The first-order valence-corrected chi connectivity index (χ1v) is 8.04. The van der Waals surface area contributed by atoms with Crippen molar-refractivity contribution in [1.82, 2.24) is 25.5 Å². The fourth-order valence-corrected chi connectivity index (χ4v) is 2.65. The second-order valence-electron chi connectivity index (χ2n) is 6.33. The number of rotatable bonds is 6. The normalized spacial score (nSPS) is 12.4. The number of nitrogens with one attached hydrogen (secondary N) is 3. The Morgan fingerprint density at radius 1 is 1.28 bits per heavy atom. The van der Waals surface area contributed by atoms with Crippen LogP contribution in [0.3, 0.4) is 0 Å². The molecular formula is C17H20N6O2. The Morgan fingerprint density at radius 2 is 2.04 bits per heavy atom. The molecule has 0 saturated heterocycles. The molecule has 3 rings (SSSR count). The number of hydrogen-bond donors (Lipinski definition) is 4. The van der Waals surface area contributed by atoms with Gasteiger partial charge in [0, 0.05) is 6.07 Å². The van der Waals surface area contributed by atoms with Crippen molar-refractivity contribution >= 4 is 22.8 Å². The molecule has 2 heterocycles. The second kappa shape index (κ2) is 6.76. The minimum absolute atomic E-state index is 0.0225. The number of benzene rings is 1. The average molecular weight is 340 g/mol. The zero-order valence-electron chi connectivity index (χ0n) is 14.0. The molecular weight excluding hydrogens is 320 g/mol. The molecule has 0 saturated carbocycles. The van der Waals surface area contributed by atoms with Crippen molar-refractivity contribution in [2.75, 3.05) is 0 Å². The van der Waals surface area contributed by atoms with Gasteiger partial charge in [-0.2, -0.15) is 5.10 Å². The zero-order chi connectivity index (χ0) is 18.0. The lowest BCUT2D eigenvalue weighted by Crippen LogP contribution is -2.30. The lowest BCUT2D eigenvalue weighted by Gasteiger charge is -2.18. The smallest absolute Gasteiger partial charge is 0.269 e. The fraction of sp³-hybridized carbons (Fsp3) is 0.294. The number of para-hydroxylation sites is 2. The maximum Gasteiger partial charge on any atom is 0.269 e. The number of aromatic amines is 2. The van der Waals surface area contributed by atoms with Crippen LogP contribution in [0.5, 0.6) is 0 Å². The maximum atomic E-state index is 12.5.